The second-order valence-corrected chi connectivity index (χ2v) is 10.9. The Kier molecular flexibility index (Phi) is 7.24. The highest BCUT2D eigenvalue weighted by molar-refractivity contribution is 6.04. The van der Waals surface area contributed by atoms with E-state index in [9.17, 15) is 23.2 Å². The van der Waals surface area contributed by atoms with E-state index >= 15 is 0 Å². The van der Waals surface area contributed by atoms with Crippen molar-refractivity contribution in [2.24, 2.45) is 5.41 Å². The zero-order valence-electron chi connectivity index (χ0n) is 22.7. The lowest BCUT2D eigenvalue weighted by atomic mass is 9.71. The molecule has 0 radical (unpaired) electrons. The molecule has 4 aromatic rings. The Morgan fingerprint density at radius 3 is 2.14 bits per heavy atom. The number of amides is 3. The molecule has 6 rings (SSSR count). The largest absolute Gasteiger partial charge is 0.339 e. The molecule has 42 heavy (non-hydrogen) atoms. The first-order chi connectivity index (χ1) is 20.3. The smallest absolute Gasteiger partial charge is 0.256 e. The number of carbonyl (C=O) groups is 3. The summed E-state index contributed by atoms with van der Waals surface area (Å²) in [5.74, 6) is -2.43. The van der Waals surface area contributed by atoms with Crippen molar-refractivity contribution in [1.29, 1.82) is 0 Å². The lowest BCUT2D eigenvalue weighted by Crippen LogP contribution is -2.62. The highest BCUT2D eigenvalue weighted by atomic mass is 19.2. The molecule has 9 heteroatoms. The van der Waals surface area contributed by atoms with Crippen LogP contribution in [0.3, 0.4) is 0 Å². The SMILES string of the molecule is O=C(Nc1ccc(C(=O)N2CCC3(CC2)CN(C(=O)c2cccnc2-c2ccc(F)c(F)c2)C3)cc1)c1ccccc1. The Morgan fingerprint density at radius 1 is 0.738 bits per heavy atom. The van der Waals surface area contributed by atoms with Gasteiger partial charge in [-0.2, -0.15) is 0 Å². The number of halogens is 2. The van der Waals surface area contributed by atoms with Crippen molar-refractivity contribution in [1.82, 2.24) is 14.8 Å². The maximum Gasteiger partial charge on any atom is 0.256 e. The maximum atomic E-state index is 13.8. The Morgan fingerprint density at radius 2 is 1.45 bits per heavy atom. The van der Waals surface area contributed by atoms with Crippen LogP contribution in [0.1, 0.15) is 43.9 Å². The minimum Gasteiger partial charge on any atom is -0.339 e. The molecule has 2 aliphatic heterocycles. The van der Waals surface area contributed by atoms with Gasteiger partial charge in [0, 0.05) is 60.2 Å². The molecule has 0 atom stereocenters. The summed E-state index contributed by atoms with van der Waals surface area (Å²) in [7, 11) is 0. The first-order valence-corrected chi connectivity index (χ1v) is 13.8. The van der Waals surface area contributed by atoms with Gasteiger partial charge in [-0.1, -0.05) is 18.2 Å². The van der Waals surface area contributed by atoms with Crippen LogP contribution >= 0.6 is 0 Å². The molecule has 2 fully saturated rings. The third-order valence-corrected chi connectivity index (χ3v) is 8.11. The molecule has 0 unspecified atom stereocenters. The van der Waals surface area contributed by atoms with Crippen molar-refractivity contribution in [2.45, 2.75) is 12.8 Å². The quantitative estimate of drug-likeness (QED) is 0.338. The molecule has 1 N–H and O–H groups in total. The van der Waals surface area contributed by atoms with Crippen molar-refractivity contribution >= 4 is 23.4 Å². The van der Waals surface area contributed by atoms with E-state index in [2.05, 4.69) is 10.3 Å². The van der Waals surface area contributed by atoms with E-state index < -0.39 is 11.6 Å². The summed E-state index contributed by atoms with van der Waals surface area (Å²) in [5, 5.41) is 2.84. The summed E-state index contributed by atoms with van der Waals surface area (Å²) >= 11 is 0. The molecular formula is C33H28F2N4O3. The molecule has 0 aliphatic carbocycles. The Balaban J connectivity index is 1.04. The number of nitrogens with one attached hydrogen (secondary N) is 1. The van der Waals surface area contributed by atoms with Gasteiger partial charge in [-0.15, -0.1) is 0 Å². The van der Waals surface area contributed by atoms with Crippen molar-refractivity contribution < 1.29 is 23.2 Å². The molecular weight excluding hydrogens is 538 g/mol. The van der Waals surface area contributed by atoms with Crippen LogP contribution in [0.25, 0.3) is 11.3 Å². The monoisotopic (exact) mass is 566 g/mol. The number of pyridine rings is 1. The van der Waals surface area contributed by atoms with E-state index in [4.69, 9.17) is 0 Å². The van der Waals surface area contributed by atoms with E-state index in [1.165, 1.54) is 12.3 Å². The van der Waals surface area contributed by atoms with E-state index in [1.54, 1.807) is 65.6 Å². The molecule has 0 saturated carbocycles. The van der Waals surface area contributed by atoms with Gasteiger partial charge in [0.25, 0.3) is 17.7 Å². The number of nitrogens with zero attached hydrogens (tertiary/aromatic N) is 3. The van der Waals surface area contributed by atoms with Crippen LogP contribution in [0.4, 0.5) is 14.5 Å². The summed E-state index contributed by atoms with van der Waals surface area (Å²) < 4.78 is 27.3. The summed E-state index contributed by atoms with van der Waals surface area (Å²) in [6.45, 7) is 2.30. The second-order valence-electron chi connectivity index (χ2n) is 10.9. The average Bonchev–Trinajstić information content (AvgIpc) is 3.01. The molecule has 1 aromatic heterocycles. The van der Waals surface area contributed by atoms with Crippen molar-refractivity contribution in [3.63, 3.8) is 0 Å². The van der Waals surface area contributed by atoms with Gasteiger partial charge in [-0.25, -0.2) is 8.78 Å². The van der Waals surface area contributed by atoms with Gasteiger partial charge in [0.2, 0.25) is 0 Å². The molecule has 1 spiro atoms. The second kappa shape index (κ2) is 11.2. The number of hydrogen-bond acceptors (Lipinski definition) is 4. The Bertz CT molecular complexity index is 1640. The van der Waals surface area contributed by atoms with E-state index in [0.29, 0.717) is 59.8 Å². The maximum absolute atomic E-state index is 13.8. The Hall–Kier alpha value is -4.92. The van der Waals surface area contributed by atoms with Crippen LogP contribution in [-0.2, 0) is 0 Å². The van der Waals surface area contributed by atoms with Crippen molar-refractivity contribution in [3.05, 3.63) is 119 Å². The highest BCUT2D eigenvalue weighted by Crippen LogP contribution is 2.42. The number of aromatic nitrogens is 1. The van der Waals surface area contributed by atoms with E-state index in [-0.39, 0.29) is 23.1 Å². The van der Waals surface area contributed by atoms with Crippen LogP contribution in [0.2, 0.25) is 0 Å². The molecule has 2 saturated heterocycles. The number of rotatable bonds is 5. The number of anilines is 1. The number of piperidine rings is 1. The normalized spacial score (nSPS) is 15.7. The van der Waals surface area contributed by atoms with Crippen LogP contribution in [0, 0.1) is 17.0 Å². The predicted octanol–water partition coefficient (Wildman–Crippen LogP) is 5.66. The van der Waals surface area contributed by atoms with Gasteiger partial charge >= 0.3 is 0 Å². The predicted molar refractivity (Wildman–Crippen MR) is 154 cm³/mol. The molecule has 0 bridgehead atoms. The third kappa shape index (κ3) is 5.37. The number of benzene rings is 3. The lowest BCUT2D eigenvalue weighted by molar-refractivity contribution is -0.0287. The van der Waals surface area contributed by atoms with Crippen molar-refractivity contribution in [2.75, 3.05) is 31.5 Å². The van der Waals surface area contributed by atoms with Crippen LogP contribution in [0.15, 0.2) is 91.1 Å². The van der Waals surface area contributed by atoms with Crippen LogP contribution in [-0.4, -0.2) is 58.7 Å². The summed E-state index contributed by atoms with van der Waals surface area (Å²) in [6.07, 6.45) is 3.07. The van der Waals surface area contributed by atoms with Gasteiger partial charge in [-0.3, -0.25) is 19.4 Å². The minimum atomic E-state index is -0.994. The van der Waals surface area contributed by atoms with Gasteiger partial charge in [0.15, 0.2) is 11.6 Å². The van der Waals surface area contributed by atoms with Gasteiger partial charge in [-0.05, 0) is 79.6 Å². The molecule has 3 aromatic carbocycles. The lowest BCUT2D eigenvalue weighted by Gasteiger charge is -2.54. The van der Waals surface area contributed by atoms with Gasteiger partial charge < -0.3 is 15.1 Å². The van der Waals surface area contributed by atoms with Crippen molar-refractivity contribution in [3.8, 4) is 11.3 Å². The fourth-order valence-electron chi connectivity index (χ4n) is 5.70. The third-order valence-electron chi connectivity index (χ3n) is 8.11. The zero-order valence-corrected chi connectivity index (χ0v) is 22.7. The molecule has 7 nitrogen and oxygen atoms in total. The average molecular weight is 567 g/mol. The fourth-order valence-corrected chi connectivity index (χ4v) is 5.70. The molecule has 212 valence electrons. The Labute approximate surface area is 241 Å². The summed E-state index contributed by atoms with van der Waals surface area (Å²) in [5.41, 5.74) is 2.66. The van der Waals surface area contributed by atoms with Gasteiger partial charge in [0.05, 0.1) is 11.3 Å². The highest BCUT2D eigenvalue weighted by Gasteiger charge is 2.47. The molecule has 2 aliphatic rings. The summed E-state index contributed by atoms with van der Waals surface area (Å²) in [6, 6.07) is 22.6. The number of hydrogen-bond donors (Lipinski definition) is 1. The first kappa shape index (κ1) is 27.3. The van der Waals surface area contributed by atoms with Gasteiger partial charge in [0.1, 0.15) is 0 Å². The summed E-state index contributed by atoms with van der Waals surface area (Å²) in [4.78, 5) is 46.8. The van der Waals surface area contributed by atoms with Crippen LogP contribution < -0.4 is 5.32 Å². The molecule has 3 heterocycles. The van der Waals surface area contributed by atoms with E-state index in [0.717, 1.165) is 25.0 Å². The minimum absolute atomic E-state index is 0.0532. The van der Waals surface area contributed by atoms with Crippen LogP contribution in [0.5, 0.6) is 0 Å². The fraction of sp³-hybridized carbons (Fsp3) is 0.212. The number of likely N-dealkylation sites (tertiary alicyclic amines) is 2. The standard InChI is InChI=1S/C33H28F2N4O3/c34-27-13-10-24(19-28(27)35)29-26(7-4-16-36-29)32(42)39-20-33(21-39)14-17-38(18-15-33)31(41)23-8-11-25(12-9-23)37-30(40)22-5-2-1-3-6-22/h1-13,16,19H,14-15,17-18,20-21H2,(H,37,40). The zero-order chi connectivity index (χ0) is 29.3. The molecule has 3 amide bonds. The first-order valence-electron chi connectivity index (χ1n) is 13.8. The van der Waals surface area contributed by atoms with E-state index in [1.807, 2.05) is 11.0 Å². The number of carbonyl (C=O) groups excluding carboxylic acids is 3. The topological polar surface area (TPSA) is 82.6 Å².